The Bertz CT molecular complexity index is 1370. The fraction of sp³-hybridized carbons (Fsp3) is 0.517. The van der Waals surface area contributed by atoms with Crippen molar-refractivity contribution >= 4 is 11.7 Å². The molecule has 0 radical (unpaired) electrons. The molecule has 208 valence electrons. The van der Waals surface area contributed by atoms with Crippen molar-refractivity contribution in [1.82, 2.24) is 9.80 Å². The number of benzene rings is 1. The number of nitrogens with two attached hydrogens (primary N) is 1. The molecule has 0 aromatic heterocycles. The standard InChI is InChI=1S/C29H35N3O7/c1-13-20(28(30)37)25(36)23(31(2)3)18-10-14-9-17-22(24(35)21(14)27-29(13,18)39-27)19(34)11-15(26(17)38-4)12-32-7-5-16(33)6-8-32/h11,14,16,18,23,33-34,36H,1,5-10,12H2,2-4H3,(H2,30,37)/t14?,18-,23-,29-/m0/s1. The third kappa shape index (κ3) is 3.58. The lowest BCUT2D eigenvalue weighted by atomic mass is 9.60. The Morgan fingerprint density at radius 3 is 2.62 bits per heavy atom. The second-order valence-electron chi connectivity index (χ2n) is 11.6. The minimum absolute atomic E-state index is 0.0537. The number of rotatable bonds is 5. The van der Waals surface area contributed by atoms with Crippen LogP contribution in [0.1, 0.15) is 40.7 Å². The maximum Gasteiger partial charge on any atom is 0.252 e. The monoisotopic (exact) mass is 537 g/mol. The molecule has 10 heteroatoms. The molecule has 0 bridgehead atoms. The second-order valence-corrected chi connectivity index (χ2v) is 11.6. The van der Waals surface area contributed by atoms with E-state index in [1.165, 1.54) is 0 Å². The van der Waals surface area contributed by atoms with E-state index >= 15 is 0 Å². The molecule has 10 nitrogen and oxygen atoms in total. The molecule has 2 aliphatic heterocycles. The van der Waals surface area contributed by atoms with Gasteiger partial charge in [-0.3, -0.25) is 19.4 Å². The number of hydrogen-bond donors (Lipinski definition) is 4. The Morgan fingerprint density at radius 2 is 2.00 bits per heavy atom. The first kappa shape index (κ1) is 25.9. The fourth-order valence-electron chi connectivity index (χ4n) is 7.50. The van der Waals surface area contributed by atoms with Gasteiger partial charge in [0.25, 0.3) is 5.91 Å². The van der Waals surface area contributed by atoms with Gasteiger partial charge in [-0.15, -0.1) is 0 Å². The molecule has 1 amide bonds. The van der Waals surface area contributed by atoms with Crippen LogP contribution in [0.3, 0.4) is 0 Å². The van der Waals surface area contributed by atoms with E-state index in [0.717, 1.165) is 18.7 Å². The average Bonchev–Trinajstić information content (AvgIpc) is 3.61. The van der Waals surface area contributed by atoms with Crippen molar-refractivity contribution in [2.24, 2.45) is 17.6 Å². The summed E-state index contributed by atoms with van der Waals surface area (Å²) in [6.07, 6.45) is 2.05. The van der Waals surface area contributed by atoms with Crippen LogP contribution in [0, 0.1) is 11.8 Å². The first-order valence-electron chi connectivity index (χ1n) is 13.4. The van der Waals surface area contributed by atoms with Crippen molar-refractivity contribution in [2.75, 3.05) is 34.3 Å². The van der Waals surface area contributed by atoms with Gasteiger partial charge in [-0.1, -0.05) is 6.58 Å². The maximum atomic E-state index is 14.0. The van der Waals surface area contributed by atoms with Crippen molar-refractivity contribution < 1.29 is 34.4 Å². The summed E-state index contributed by atoms with van der Waals surface area (Å²) in [4.78, 5) is 30.4. The summed E-state index contributed by atoms with van der Waals surface area (Å²) < 4.78 is 12.1. The van der Waals surface area contributed by atoms with Crippen LogP contribution in [-0.2, 0) is 22.5 Å². The molecule has 2 fully saturated rings. The Kier molecular flexibility index (Phi) is 5.87. The number of carbonyl (C=O) groups excluding carboxylic acids is 2. The maximum absolute atomic E-state index is 14.0. The van der Waals surface area contributed by atoms with E-state index in [-0.39, 0.29) is 51.9 Å². The lowest BCUT2D eigenvalue weighted by Gasteiger charge is -2.44. The predicted molar refractivity (Wildman–Crippen MR) is 141 cm³/mol. The Hall–Kier alpha value is -3.34. The summed E-state index contributed by atoms with van der Waals surface area (Å²) in [5.74, 6) is -0.807. The van der Waals surface area contributed by atoms with Gasteiger partial charge in [0.2, 0.25) is 0 Å². The SMILES string of the molecule is C=C1C(C(N)=O)=C(O)[C@@H](N(C)C)[C@@H]2CC3Cc4c(OC)c(CN5CCC(O)CC5)cc(O)c4C(=O)C3=C3O[C@]132. The largest absolute Gasteiger partial charge is 0.510 e. The van der Waals surface area contributed by atoms with E-state index in [4.69, 9.17) is 15.2 Å². The first-order chi connectivity index (χ1) is 18.5. The molecule has 1 aromatic rings. The molecule has 5 N–H and O–H groups in total. The summed E-state index contributed by atoms with van der Waals surface area (Å²) in [6, 6.07) is 1.05. The molecule has 2 saturated heterocycles. The number of likely N-dealkylation sites (tertiary alicyclic amines) is 1. The van der Waals surface area contributed by atoms with Gasteiger partial charge in [0.15, 0.2) is 17.1 Å². The normalized spacial score (nSPS) is 30.4. The van der Waals surface area contributed by atoms with Gasteiger partial charge in [0, 0.05) is 47.8 Å². The van der Waals surface area contributed by atoms with Crippen molar-refractivity contribution in [3.8, 4) is 11.5 Å². The molecular formula is C29H35N3O7. The predicted octanol–water partition coefficient (Wildman–Crippen LogP) is 1.55. The van der Waals surface area contributed by atoms with Crippen LogP contribution >= 0.6 is 0 Å². The quantitative estimate of drug-likeness (QED) is 0.411. The number of hydrogen-bond acceptors (Lipinski definition) is 9. The summed E-state index contributed by atoms with van der Waals surface area (Å²) in [5.41, 5.74) is 6.94. The molecule has 1 unspecified atom stereocenters. The van der Waals surface area contributed by atoms with E-state index in [1.54, 1.807) is 13.2 Å². The molecule has 1 aromatic carbocycles. The molecule has 39 heavy (non-hydrogen) atoms. The molecule has 6 rings (SSSR count). The number of allylic oxidation sites excluding steroid dienone is 1. The van der Waals surface area contributed by atoms with E-state index in [1.807, 2.05) is 19.0 Å². The van der Waals surface area contributed by atoms with Gasteiger partial charge in [0.1, 0.15) is 17.3 Å². The van der Waals surface area contributed by atoms with Gasteiger partial charge in [-0.25, -0.2) is 0 Å². The van der Waals surface area contributed by atoms with E-state index in [9.17, 15) is 24.9 Å². The summed E-state index contributed by atoms with van der Waals surface area (Å²) in [6.45, 7) is 6.10. The van der Waals surface area contributed by atoms with Crippen molar-refractivity contribution in [3.05, 3.63) is 57.6 Å². The number of Topliss-reactive ketones (excluding diaryl/α,β-unsaturated/α-hetero) is 1. The number of piperidine rings is 1. The van der Waals surface area contributed by atoms with Gasteiger partial charge < -0.3 is 30.5 Å². The van der Waals surface area contributed by atoms with Crippen LogP contribution in [0.5, 0.6) is 11.5 Å². The minimum atomic E-state index is -1.08. The number of epoxide rings is 1. The summed E-state index contributed by atoms with van der Waals surface area (Å²) >= 11 is 0. The molecule has 2 heterocycles. The van der Waals surface area contributed by atoms with Crippen LogP contribution in [0.2, 0.25) is 0 Å². The number of aliphatic hydroxyl groups is 2. The number of aliphatic hydroxyl groups excluding tert-OH is 2. The Labute approximate surface area is 227 Å². The van der Waals surface area contributed by atoms with Crippen molar-refractivity contribution in [2.45, 2.75) is 50.0 Å². The highest BCUT2D eigenvalue weighted by molar-refractivity contribution is 6.14. The summed E-state index contributed by atoms with van der Waals surface area (Å²) in [5, 5.41) is 32.1. The van der Waals surface area contributed by atoms with Gasteiger partial charge >= 0.3 is 0 Å². The first-order valence-corrected chi connectivity index (χ1v) is 13.4. The summed E-state index contributed by atoms with van der Waals surface area (Å²) in [7, 11) is 5.21. The number of fused-ring (bicyclic) bond motifs is 2. The zero-order chi connectivity index (χ0) is 28.0. The van der Waals surface area contributed by atoms with Crippen LogP contribution in [0.15, 0.2) is 40.9 Å². The molecule has 3 aliphatic carbocycles. The van der Waals surface area contributed by atoms with Gasteiger partial charge in [0.05, 0.1) is 30.4 Å². The number of primary amides is 1. The Morgan fingerprint density at radius 1 is 1.31 bits per heavy atom. The topological polar surface area (TPSA) is 149 Å². The highest BCUT2D eigenvalue weighted by Gasteiger charge is 2.71. The third-order valence-corrected chi connectivity index (χ3v) is 9.25. The number of ketones is 1. The van der Waals surface area contributed by atoms with E-state index < -0.39 is 17.6 Å². The van der Waals surface area contributed by atoms with Crippen LogP contribution in [-0.4, -0.2) is 88.9 Å². The molecular weight excluding hydrogens is 502 g/mol. The smallest absolute Gasteiger partial charge is 0.252 e. The van der Waals surface area contributed by atoms with E-state index in [0.29, 0.717) is 54.9 Å². The minimum Gasteiger partial charge on any atom is -0.510 e. The second kappa shape index (κ2) is 8.84. The van der Waals surface area contributed by atoms with Crippen LogP contribution < -0.4 is 10.5 Å². The van der Waals surface area contributed by atoms with Crippen molar-refractivity contribution in [3.63, 3.8) is 0 Å². The molecule has 4 atom stereocenters. The number of methoxy groups -OCH3 is 1. The van der Waals surface area contributed by atoms with E-state index in [2.05, 4.69) is 11.5 Å². The van der Waals surface area contributed by atoms with Crippen LogP contribution in [0.25, 0.3) is 0 Å². The Balaban J connectivity index is 1.43. The number of likely N-dealkylation sites (N-methyl/N-ethyl adjacent to an activating group) is 1. The molecule has 0 saturated carbocycles. The number of phenols is 1. The number of ether oxygens (including phenoxy) is 2. The van der Waals surface area contributed by atoms with Gasteiger partial charge in [-0.2, -0.15) is 0 Å². The zero-order valence-electron chi connectivity index (χ0n) is 22.5. The lowest BCUT2D eigenvalue weighted by Crippen LogP contribution is -2.52. The third-order valence-electron chi connectivity index (χ3n) is 9.25. The highest BCUT2D eigenvalue weighted by Crippen LogP contribution is 2.66. The average molecular weight is 538 g/mol. The molecule has 1 spiro atoms. The lowest BCUT2D eigenvalue weighted by molar-refractivity contribution is -0.114. The molecule has 5 aliphatic rings. The number of nitrogens with zero attached hydrogens (tertiary/aromatic N) is 2. The number of carbonyl (C=O) groups is 2. The zero-order valence-corrected chi connectivity index (χ0v) is 22.5. The van der Waals surface area contributed by atoms with Crippen molar-refractivity contribution in [1.29, 1.82) is 0 Å². The number of aromatic hydroxyl groups is 1. The number of phenolic OH excluding ortho intramolecular Hbond substituents is 1. The highest BCUT2D eigenvalue weighted by atomic mass is 16.6. The number of amides is 1. The van der Waals surface area contributed by atoms with Crippen LogP contribution in [0.4, 0.5) is 0 Å². The fourth-order valence-corrected chi connectivity index (χ4v) is 7.50. The van der Waals surface area contributed by atoms with Gasteiger partial charge in [-0.05, 0) is 51.8 Å².